The van der Waals surface area contributed by atoms with E-state index in [1.54, 1.807) is 5.38 Å². The first-order valence-corrected chi connectivity index (χ1v) is 18.4. The number of oxime groups is 1. The Labute approximate surface area is 310 Å². The molecule has 7 rings (SSSR count). The predicted molar refractivity (Wildman–Crippen MR) is 198 cm³/mol. The van der Waals surface area contributed by atoms with Crippen LogP contribution >= 0.6 is 23.1 Å². The van der Waals surface area contributed by atoms with Crippen molar-refractivity contribution in [2.45, 2.75) is 29.5 Å². The van der Waals surface area contributed by atoms with Gasteiger partial charge in [0.1, 0.15) is 28.3 Å². The minimum Gasteiger partial charge on any atom is -0.477 e. The van der Waals surface area contributed by atoms with Crippen LogP contribution in [0.3, 0.4) is 0 Å². The number of thiazole rings is 1. The third-order valence-corrected chi connectivity index (χ3v) is 11.1. The van der Waals surface area contributed by atoms with Gasteiger partial charge in [0.2, 0.25) is 6.10 Å². The first kappa shape index (κ1) is 35.3. The molecule has 4 N–H and O–H groups in total. The first-order valence-electron chi connectivity index (χ1n) is 16.5. The van der Waals surface area contributed by atoms with Gasteiger partial charge in [-0.1, -0.05) is 101 Å². The summed E-state index contributed by atoms with van der Waals surface area (Å²) in [5, 5.41) is 27.8. The number of azide groups is 1. The molecule has 15 nitrogen and oxygen atoms in total. The van der Waals surface area contributed by atoms with E-state index in [0.717, 1.165) is 21.6 Å². The minimum absolute atomic E-state index is 0.124. The highest BCUT2D eigenvalue weighted by Gasteiger charge is 2.54. The van der Waals surface area contributed by atoms with Gasteiger partial charge < -0.3 is 25.9 Å². The Morgan fingerprint density at radius 2 is 1.64 bits per heavy atom. The van der Waals surface area contributed by atoms with E-state index in [1.165, 1.54) is 23.1 Å². The van der Waals surface area contributed by atoms with Crippen molar-refractivity contribution in [3.8, 4) is 0 Å². The standard InChI is InChI=1S/C36H31N9O6S2/c37-44-39-18-21-19-52-33-28(32(48)45(33)29(21)34(49)50)41-31(47)27(43-51-26-16-17-38-30(26)46)25-20-53-35(40-25)42-36(22-10-4-1-5-11-22,23-12-6-2-7-13-23)24-14-8-3-9-15-24/h1-15,20,26,28,33H,16-19H2,(H,38,46)(H,40,42)(H,41,47)(H,49,50)/t26?,28?,33-/m0/s1. The number of carbonyl (C=O) groups excluding carboxylic acids is 3. The molecule has 3 aliphatic rings. The monoisotopic (exact) mass is 749 g/mol. The zero-order chi connectivity index (χ0) is 37.0. The van der Waals surface area contributed by atoms with Crippen LogP contribution in [0.5, 0.6) is 0 Å². The second-order valence-electron chi connectivity index (χ2n) is 12.1. The topological polar surface area (TPSA) is 211 Å². The third kappa shape index (κ3) is 6.80. The summed E-state index contributed by atoms with van der Waals surface area (Å²) in [5.74, 6) is -3.00. The Balaban J connectivity index is 1.22. The zero-order valence-corrected chi connectivity index (χ0v) is 29.4. The van der Waals surface area contributed by atoms with Crippen molar-refractivity contribution in [1.29, 1.82) is 0 Å². The zero-order valence-electron chi connectivity index (χ0n) is 27.8. The largest absolute Gasteiger partial charge is 0.477 e. The van der Waals surface area contributed by atoms with E-state index >= 15 is 0 Å². The summed E-state index contributed by atoms with van der Waals surface area (Å²) in [6.45, 7) is 0.181. The van der Waals surface area contributed by atoms with Crippen LogP contribution in [0.2, 0.25) is 0 Å². The molecule has 0 bridgehead atoms. The maximum Gasteiger partial charge on any atom is 0.352 e. The number of carboxylic acids is 1. The lowest BCUT2D eigenvalue weighted by molar-refractivity contribution is -0.150. The van der Waals surface area contributed by atoms with E-state index in [4.69, 9.17) is 15.4 Å². The summed E-state index contributed by atoms with van der Waals surface area (Å²) in [6, 6.07) is 28.6. The molecule has 0 spiro atoms. The van der Waals surface area contributed by atoms with Gasteiger partial charge in [0.15, 0.2) is 10.8 Å². The van der Waals surface area contributed by atoms with E-state index in [9.17, 15) is 24.3 Å². The molecule has 3 amide bonds. The molecule has 3 atom stereocenters. The summed E-state index contributed by atoms with van der Waals surface area (Å²) >= 11 is 2.46. The number of nitrogens with zero attached hydrogens (tertiary/aromatic N) is 6. The number of aromatic nitrogens is 1. The third-order valence-electron chi connectivity index (χ3n) is 9.01. The van der Waals surface area contributed by atoms with Crippen LogP contribution in [0.4, 0.5) is 5.13 Å². The number of fused-ring (bicyclic) bond motifs is 1. The Hall–Kier alpha value is -6.16. The molecule has 3 aromatic carbocycles. The van der Waals surface area contributed by atoms with Crippen molar-refractivity contribution >= 4 is 57.6 Å². The summed E-state index contributed by atoms with van der Waals surface area (Å²) in [6.07, 6.45) is -0.588. The Morgan fingerprint density at radius 1 is 1.02 bits per heavy atom. The summed E-state index contributed by atoms with van der Waals surface area (Å²) in [7, 11) is 0. The molecule has 0 aliphatic carbocycles. The molecule has 4 heterocycles. The number of thioether (sulfide) groups is 1. The van der Waals surface area contributed by atoms with E-state index in [1.807, 2.05) is 91.0 Å². The number of hydrogen-bond acceptors (Lipinski definition) is 11. The highest BCUT2D eigenvalue weighted by molar-refractivity contribution is 8.00. The lowest BCUT2D eigenvalue weighted by Gasteiger charge is -2.49. The molecule has 3 aliphatic heterocycles. The number of hydrogen-bond donors (Lipinski definition) is 4. The SMILES string of the molecule is [N-]=[N+]=NCC1=C(C(=O)O)N2C(=O)C(NC(=O)C(=NOC3CCNC3=O)c3csc(NC(c4ccccc4)(c4ccccc4)c4ccccc4)n3)[C@@H]2SC1. The number of rotatable bonds is 13. The highest BCUT2D eigenvalue weighted by atomic mass is 32.2. The van der Waals surface area contributed by atoms with Crippen LogP contribution < -0.4 is 16.0 Å². The highest BCUT2D eigenvalue weighted by Crippen LogP contribution is 2.42. The lowest BCUT2D eigenvalue weighted by atomic mass is 9.77. The van der Waals surface area contributed by atoms with Crippen molar-refractivity contribution in [2.24, 2.45) is 10.3 Å². The molecule has 2 saturated heterocycles. The van der Waals surface area contributed by atoms with E-state index < -0.39 is 40.8 Å². The van der Waals surface area contributed by atoms with Crippen molar-refractivity contribution in [2.75, 3.05) is 24.2 Å². The Bertz CT molecular complexity index is 2060. The fourth-order valence-corrected chi connectivity index (χ4v) is 8.59. The number of amides is 3. The summed E-state index contributed by atoms with van der Waals surface area (Å²) in [5.41, 5.74) is 10.5. The fourth-order valence-electron chi connectivity index (χ4n) is 6.51. The van der Waals surface area contributed by atoms with Gasteiger partial charge >= 0.3 is 5.97 Å². The van der Waals surface area contributed by atoms with Gasteiger partial charge in [-0.15, -0.1) is 23.1 Å². The molecule has 53 heavy (non-hydrogen) atoms. The van der Waals surface area contributed by atoms with Crippen LogP contribution in [0.1, 0.15) is 28.8 Å². The molecular formula is C36H31N9O6S2. The number of carboxylic acid groups (broad SMARTS) is 1. The van der Waals surface area contributed by atoms with Crippen molar-refractivity contribution in [3.63, 3.8) is 0 Å². The Morgan fingerprint density at radius 3 is 2.19 bits per heavy atom. The molecule has 4 aromatic rings. The van der Waals surface area contributed by atoms with E-state index in [-0.39, 0.29) is 35.3 Å². The molecule has 2 unspecified atom stereocenters. The lowest BCUT2D eigenvalue weighted by Crippen LogP contribution is -2.71. The van der Waals surface area contributed by atoms with Gasteiger partial charge in [-0.25, -0.2) is 9.78 Å². The van der Waals surface area contributed by atoms with Crippen LogP contribution in [-0.4, -0.2) is 80.8 Å². The molecule has 2 fully saturated rings. The maximum absolute atomic E-state index is 14.0. The van der Waals surface area contributed by atoms with Crippen molar-refractivity contribution in [3.05, 3.63) is 140 Å². The second-order valence-corrected chi connectivity index (χ2v) is 14.1. The smallest absolute Gasteiger partial charge is 0.352 e. The Kier molecular flexibility index (Phi) is 10.1. The first-order chi connectivity index (χ1) is 25.8. The van der Waals surface area contributed by atoms with Crippen molar-refractivity contribution < 1.29 is 29.1 Å². The van der Waals surface area contributed by atoms with E-state index in [2.05, 4.69) is 31.1 Å². The second kappa shape index (κ2) is 15.2. The molecule has 0 saturated carbocycles. The van der Waals surface area contributed by atoms with Gasteiger partial charge in [-0.2, -0.15) is 0 Å². The molecule has 0 radical (unpaired) electrons. The normalized spacial score (nSPS) is 19.7. The van der Waals surface area contributed by atoms with Crippen LogP contribution in [0.25, 0.3) is 10.4 Å². The number of aliphatic carboxylic acids is 1. The molecule has 17 heteroatoms. The van der Waals surface area contributed by atoms with Crippen LogP contribution in [0, 0.1) is 0 Å². The summed E-state index contributed by atoms with van der Waals surface area (Å²) in [4.78, 5) is 65.9. The minimum atomic E-state index is -1.35. The average molecular weight is 750 g/mol. The van der Waals surface area contributed by atoms with E-state index in [0.29, 0.717) is 23.7 Å². The average Bonchev–Trinajstić information content (AvgIpc) is 3.83. The van der Waals surface area contributed by atoms with Crippen molar-refractivity contribution in [1.82, 2.24) is 20.5 Å². The van der Waals surface area contributed by atoms with Gasteiger partial charge in [0.05, 0.1) is 6.54 Å². The number of nitrogens with one attached hydrogen (secondary N) is 3. The quantitative estimate of drug-likeness (QED) is 0.0293. The van der Waals surface area contributed by atoms with Gasteiger partial charge in [0, 0.05) is 29.0 Å². The number of benzene rings is 3. The summed E-state index contributed by atoms with van der Waals surface area (Å²) < 4.78 is 0. The number of anilines is 1. The van der Waals surface area contributed by atoms with Crippen LogP contribution in [0.15, 0.2) is 118 Å². The molecular weight excluding hydrogens is 719 g/mol. The maximum atomic E-state index is 14.0. The fraction of sp³-hybridized carbons (Fsp3) is 0.222. The number of carbonyl (C=O) groups is 4. The van der Waals surface area contributed by atoms with Gasteiger partial charge in [-0.05, 0) is 27.8 Å². The predicted octanol–water partition coefficient (Wildman–Crippen LogP) is 4.21. The van der Waals surface area contributed by atoms with Gasteiger partial charge in [-0.3, -0.25) is 19.3 Å². The van der Waals surface area contributed by atoms with Crippen LogP contribution in [-0.2, 0) is 29.6 Å². The molecule has 268 valence electrons. The number of β-lactam (4-membered cyclic amide) rings is 1. The molecule has 1 aromatic heterocycles. The van der Waals surface area contributed by atoms with Gasteiger partial charge in [0.25, 0.3) is 17.7 Å².